The third kappa shape index (κ3) is 4.13. The summed E-state index contributed by atoms with van der Waals surface area (Å²) in [4.78, 5) is 11.6. The number of aryl methyl sites for hydroxylation is 1. The Morgan fingerprint density at radius 1 is 1.56 bits per heavy atom. The molecule has 1 unspecified atom stereocenters. The molecule has 0 aromatic heterocycles. The van der Waals surface area contributed by atoms with Crippen LogP contribution < -0.4 is 10.6 Å². The normalized spacial score (nSPS) is 18.8. The fraction of sp³-hybridized carbons (Fsp3) is 0.500. The maximum absolute atomic E-state index is 11.6. The Kier molecular flexibility index (Phi) is 4.73. The van der Waals surface area contributed by atoms with Crippen LogP contribution in [0.5, 0.6) is 0 Å². The van der Waals surface area contributed by atoms with E-state index in [1.807, 2.05) is 31.2 Å². The number of ether oxygens (including phenoxy) is 1. The second-order valence-electron chi connectivity index (χ2n) is 4.79. The number of rotatable bonds is 5. The molecule has 18 heavy (non-hydrogen) atoms. The largest absolute Gasteiger partial charge is 0.371 e. The van der Waals surface area contributed by atoms with Gasteiger partial charge in [-0.3, -0.25) is 4.79 Å². The standard InChI is InChI=1S/C14H20N2O2/c1-11-3-2-4-13(7-11)16-14(17)10-18-9-12-5-6-15-8-12/h2-4,7,12,15H,5-6,8-10H2,1H3,(H,16,17). The van der Waals surface area contributed by atoms with Gasteiger partial charge >= 0.3 is 0 Å². The summed E-state index contributed by atoms with van der Waals surface area (Å²) in [7, 11) is 0. The lowest BCUT2D eigenvalue weighted by Crippen LogP contribution is -2.21. The zero-order chi connectivity index (χ0) is 12.8. The van der Waals surface area contributed by atoms with E-state index in [0.29, 0.717) is 12.5 Å². The van der Waals surface area contributed by atoms with Crippen LogP contribution in [0.15, 0.2) is 24.3 Å². The van der Waals surface area contributed by atoms with Gasteiger partial charge in [0.25, 0.3) is 0 Å². The van der Waals surface area contributed by atoms with E-state index in [0.717, 1.165) is 30.8 Å². The molecule has 0 saturated carbocycles. The molecule has 0 radical (unpaired) electrons. The third-order valence-electron chi connectivity index (χ3n) is 3.05. The Morgan fingerprint density at radius 3 is 3.17 bits per heavy atom. The van der Waals surface area contributed by atoms with Crippen molar-refractivity contribution in [2.75, 3.05) is 31.6 Å². The zero-order valence-corrected chi connectivity index (χ0v) is 10.7. The molecular formula is C14H20N2O2. The molecule has 98 valence electrons. The van der Waals surface area contributed by atoms with Crippen molar-refractivity contribution in [2.45, 2.75) is 13.3 Å². The fourth-order valence-corrected chi connectivity index (χ4v) is 2.09. The predicted molar refractivity (Wildman–Crippen MR) is 71.6 cm³/mol. The second-order valence-corrected chi connectivity index (χ2v) is 4.79. The first kappa shape index (κ1) is 13.1. The molecule has 1 heterocycles. The van der Waals surface area contributed by atoms with Crippen LogP contribution in [0.3, 0.4) is 0 Å². The van der Waals surface area contributed by atoms with Gasteiger partial charge in [-0.15, -0.1) is 0 Å². The minimum absolute atomic E-state index is 0.0912. The molecule has 0 bridgehead atoms. The molecule has 0 spiro atoms. The first-order chi connectivity index (χ1) is 8.74. The molecule has 1 aliphatic heterocycles. The molecule has 4 nitrogen and oxygen atoms in total. The highest BCUT2D eigenvalue weighted by Gasteiger charge is 2.14. The lowest BCUT2D eigenvalue weighted by molar-refractivity contribution is -0.121. The summed E-state index contributed by atoms with van der Waals surface area (Å²) in [5, 5.41) is 6.10. The molecule has 1 fully saturated rings. The van der Waals surface area contributed by atoms with Crippen LogP contribution in [-0.2, 0) is 9.53 Å². The van der Waals surface area contributed by atoms with Crippen molar-refractivity contribution in [1.29, 1.82) is 0 Å². The Balaban J connectivity index is 1.68. The van der Waals surface area contributed by atoms with E-state index < -0.39 is 0 Å². The third-order valence-corrected chi connectivity index (χ3v) is 3.05. The molecule has 1 aromatic rings. The van der Waals surface area contributed by atoms with Crippen LogP contribution in [0.4, 0.5) is 5.69 Å². The van der Waals surface area contributed by atoms with Gasteiger partial charge in [0.2, 0.25) is 5.91 Å². The molecule has 4 heteroatoms. The van der Waals surface area contributed by atoms with E-state index in [4.69, 9.17) is 4.74 Å². The van der Waals surface area contributed by atoms with Gasteiger partial charge in [-0.2, -0.15) is 0 Å². The van der Waals surface area contributed by atoms with E-state index >= 15 is 0 Å². The summed E-state index contributed by atoms with van der Waals surface area (Å²) in [5.74, 6) is 0.461. The van der Waals surface area contributed by atoms with Gasteiger partial charge in [0, 0.05) is 12.2 Å². The van der Waals surface area contributed by atoms with Gasteiger partial charge in [-0.25, -0.2) is 0 Å². The maximum atomic E-state index is 11.6. The number of hydrogen-bond acceptors (Lipinski definition) is 3. The maximum Gasteiger partial charge on any atom is 0.250 e. The molecule has 1 aromatic carbocycles. The molecule has 1 saturated heterocycles. The van der Waals surface area contributed by atoms with Crippen LogP contribution in [0.2, 0.25) is 0 Å². The molecule has 1 aliphatic rings. The number of hydrogen-bond donors (Lipinski definition) is 2. The van der Waals surface area contributed by atoms with Crippen LogP contribution in [0, 0.1) is 12.8 Å². The zero-order valence-electron chi connectivity index (χ0n) is 10.7. The first-order valence-corrected chi connectivity index (χ1v) is 6.39. The Morgan fingerprint density at radius 2 is 2.44 bits per heavy atom. The highest BCUT2D eigenvalue weighted by Crippen LogP contribution is 2.10. The summed E-state index contributed by atoms with van der Waals surface area (Å²) in [6.45, 7) is 4.85. The lowest BCUT2D eigenvalue weighted by atomic mass is 10.1. The molecule has 2 N–H and O–H groups in total. The SMILES string of the molecule is Cc1cccc(NC(=O)COCC2CCNC2)c1. The van der Waals surface area contributed by atoms with Crippen LogP contribution >= 0.6 is 0 Å². The average molecular weight is 248 g/mol. The predicted octanol–water partition coefficient (Wildman–Crippen LogP) is 1.56. The van der Waals surface area contributed by atoms with E-state index in [1.165, 1.54) is 0 Å². The van der Waals surface area contributed by atoms with E-state index in [2.05, 4.69) is 10.6 Å². The molecule has 0 aliphatic carbocycles. The van der Waals surface area contributed by atoms with Crippen molar-refractivity contribution < 1.29 is 9.53 Å². The van der Waals surface area contributed by atoms with Gasteiger partial charge in [-0.05, 0) is 43.5 Å². The second kappa shape index (κ2) is 6.52. The number of benzene rings is 1. The van der Waals surface area contributed by atoms with Gasteiger partial charge in [0.1, 0.15) is 6.61 Å². The smallest absolute Gasteiger partial charge is 0.250 e. The number of anilines is 1. The highest BCUT2D eigenvalue weighted by molar-refractivity contribution is 5.91. The molecule has 2 rings (SSSR count). The Hall–Kier alpha value is -1.39. The lowest BCUT2D eigenvalue weighted by Gasteiger charge is -2.10. The summed E-state index contributed by atoms with van der Waals surface area (Å²) >= 11 is 0. The monoisotopic (exact) mass is 248 g/mol. The minimum atomic E-state index is -0.0912. The Labute approximate surface area is 108 Å². The summed E-state index contributed by atoms with van der Waals surface area (Å²) in [6, 6.07) is 7.75. The summed E-state index contributed by atoms with van der Waals surface area (Å²) < 4.78 is 5.43. The van der Waals surface area contributed by atoms with Gasteiger partial charge in [0.05, 0.1) is 6.61 Å². The number of amides is 1. The van der Waals surface area contributed by atoms with Crippen molar-refractivity contribution in [2.24, 2.45) is 5.92 Å². The van der Waals surface area contributed by atoms with Crippen LogP contribution in [-0.4, -0.2) is 32.2 Å². The van der Waals surface area contributed by atoms with Crippen molar-refractivity contribution in [1.82, 2.24) is 5.32 Å². The topological polar surface area (TPSA) is 50.4 Å². The van der Waals surface area contributed by atoms with Crippen molar-refractivity contribution in [3.05, 3.63) is 29.8 Å². The van der Waals surface area contributed by atoms with Gasteiger partial charge in [-0.1, -0.05) is 12.1 Å². The molecule has 1 amide bonds. The van der Waals surface area contributed by atoms with E-state index in [9.17, 15) is 4.79 Å². The Bertz CT molecular complexity index is 401. The molecule has 1 atom stereocenters. The highest BCUT2D eigenvalue weighted by atomic mass is 16.5. The van der Waals surface area contributed by atoms with Gasteiger partial charge in [0.15, 0.2) is 0 Å². The minimum Gasteiger partial charge on any atom is -0.371 e. The van der Waals surface area contributed by atoms with Crippen molar-refractivity contribution in [3.63, 3.8) is 0 Å². The number of nitrogens with one attached hydrogen (secondary N) is 2. The molecular weight excluding hydrogens is 228 g/mol. The summed E-state index contributed by atoms with van der Waals surface area (Å²) in [5.41, 5.74) is 1.96. The van der Waals surface area contributed by atoms with E-state index in [-0.39, 0.29) is 12.5 Å². The van der Waals surface area contributed by atoms with Crippen LogP contribution in [0.25, 0.3) is 0 Å². The first-order valence-electron chi connectivity index (χ1n) is 6.39. The van der Waals surface area contributed by atoms with Crippen molar-refractivity contribution >= 4 is 11.6 Å². The quantitative estimate of drug-likeness (QED) is 0.831. The number of carbonyl (C=O) groups is 1. The van der Waals surface area contributed by atoms with Crippen LogP contribution in [0.1, 0.15) is 12.0 Å². The summed E-state index contributed by atoms with van der Waals surface area (Å²) in [6.07, 6.45) is 1.14. The van der Waals surface area contributed by atoms with Gasteiger partial charge < -0.3 is 15.4 Å². The fourth-order valence-electron chi connectivity index (χ4n) is 2.09. The van der Waals surface area contributed by atoms with E-state index in [1.54, 1.807) is 0 Å². The number of carbonyl (C=O) groups excluding carboxylic acids is 1. The average Bonchev–Trinajstić information content (AvgIpc) is 2.82. The van der Waals surface area contributed by atoms with Crippen molar-refractivity contribution in [3.8, 4) is 0 Å².